The van der Waals surface area contributed by atoms with Gasteiger partial charge in [0, 0.05) is 30.2 Å². The van der Waals surface area contributed by atoms with E-state index in [1.165, 1.54) is 18.2 Å². The van der Waals surface area contributed by atoms with Crippen LogP contribution in [0.3, 0.4) is 0 Å². The number of hydrogen-bond acceptors (Lipinski definition) is 6. The number of anilines is 1. The van der Waals surface area contributed by atoms with Gasteiger partial charge >= 0.3 is 11.6 Å². The standard InChI is InChI=1S/C21H18N2O5/c1-3-23(4-2)14-7-5-12-9-15(21(26)28-18(12)11-14)19-22-16-10-13(20(24)25)6-8-17(16)27-19/h5-11H,3-4H2,1-2H3,(H,24,25). The first-order valence-corrected chi connectivity index (χ1v) is 8.97. The third-order valence-corrected chi connectivity index (χ3v) is 4.71. The molecule has 0 unspecified atom stereocenters. The molecule has 1 N–H and O–H groups in total. The Kier molecular flexibility index (Phi) is 4.35. The lowest BCUT2D eigenvalue weighted by Crippen LogP contribution is -2.21. The van der Waals surface area contributed by atoms with Crippen LogP contribution in [0.25, 0.3) is 33.5 Å². The predicted octanol–water partition coefficient (Wildman–Crippen LogP) is 4.15. The molecule has 2 aromatic carbocycles. The Morgan fingerprint density at radius 2 is 1.82 bits per heavy atom. The number of carbonyl (C=O) groups is 1. The van der Waals surface area contributed by atoms with Crippen LogP contribution in [0.5, 0.6) is 0 Å². The lowest BCUT2D eigenvalue weighted by molar-refractivity contribution is 0.0697. The zero-order valence-corrected chi connectivity index (χ0v) is 15.4. The molecule has 0 aliphatic heterocycles. The van der Waals surface area contributed by atoms with Crippen LogP contribution in [0.4, 0.5) is 5.69 Å². The zero-order chi connectivity index (χ0) is 19.8. The average Bonchev–Trinajstić information content (AvgIpc) is 3.11. The van der Waals surface area contributed by atoms with Gasteiger partial charge in [-0.3, -0.25) is 0 Å². The van der Waals surface area contributed by atoms with Crippen LogP contribution in [-0.4, -0.2) is 29.1 Å². The van der Waals surface area contributed by atoms with Gasteiger partial charge in [0.1, 0.15) is 16.7 Å². The predicted molar refractivity (Wildman–Crippen MR) is 106 cm³/mol. The van der Waals surface area contributed by atoms with E-state index in [4.69, 9.17) is 13.9 Å². The summed E-state index contributed by atoms with van der Waals surface area (Å²) in [4.78, 5) is 30.1. The van der Waals surface area contributed by atoms with E-state index >= 15 is 0 Å². The molecule has 7 heteroatoms. The number of aromatic carboxylic acids is 1. The molecule has 0 aliphatic rings. The lowest BCUT2D eigenvalue weighted by atomic mass is 10.1. The molecule has 7 nitrogen and oxygen atoms in total. The maximum atomic E-state index is 12.5. The average molecular weight is 378 g/mol. The SMILES string of the molecule is CCN(CC)c1ccc2cc(-c3nc4cc(C(=O)O)ccc4o3)c(=O)oc2c1. The van der Waals surface area contributed by atoms with Crippen molar-refractivity contribution in [3.05, 3.63) is 58.4 Å². The normalized spacial score (nSPS) is 11.2. The molecular formula is C21H18N2O5. The molecule has 0 saturated carbocycles. The van der Waals surface area contributed by atoms with E-state index in [0.717, 1.165) is 24.2 Å². The van der Waals surface area contributed by atoms with Gasteiger partial charge in [0.2, 0.25) is 5.89 Å². The Balaban J connectivity index is 1.81. The van der Waals surface area contributed by atoms with E-state index in [9.17, 15) is 9.59 Å². The second kappa shape index (κ2) is 6.84. The van der Waals surface area contributed by atoms with E-state index in [-0.39, 0.29) is 17.0 Å². The lowest BCUT2D eigenvalue weighted by Gasteiger charge is -2.20. The van der Waals surface area contributed by atoms with Crippen LogP contribution in [0.15, 0.2) is 56.1 Å². The summed E-state index contributed by atoms with van der Waals surface area (Å²) < 4.78 is 11.2. The fourth-order valence-corrected chi connectivity index (χ4v) is 3.21. The molecule has 2 heterocycles. The molecule has 0 spiro atoms. The maximum absolute atomic E-state index is 12.5. The number of fused-ring (bicyclic) bond motifs is 2. The molecule has 0 bridgehead atoms. The quantitative estimate of drug-likeness (QED) is 0.521. The van der Waals surface area contributed by atoms with Gasteiger partial charge in [-0.05, 0) is 50.2 Å². The molecule has 28 heavy (non-hydrogen) atoms. The Morgan fingerprint density at radius 3 is 2.54 bits per heavy atom. The fraction of sp³-hybridized carbons (Fsp3) is 0.190. The third kappa shape index (κ3) is 3.00. The molecule has 2 aromatic heterocycles. The highest BCUT2D eigenvalue weighted by molar-refractivity contribution is 5.92. The Bertz CT molecular complexity index is 1250. The minimum atomic E-state index is -1.05. The summed E-state index contributed by atoms with van der Waals surface area (Å²) >= 11 is 0. The maximum Gasteiger partial charge on any atom is 0.349 e. The van der Waals surface area contributed by atoms with Crippen LogP contribution >= 0.6 is 0 Å². The van der Waals surface area contributed by atoms with Crippen molar-refractivity contribution in [3.63, 3.8) is 0 Å². The molecule has 4 aromatic rings. The summed E-state index contributed by atoms with van der Waals surface area (Å²) in [7, 11) is 0. The minimum Gasteiger partial charge on any atom is -0.478 e. The Labute approximate surface area is 159 Å². The topological polar surface area (TPSA) is 96.8 Å². The summed E-state index contributed by atoms with van der Waals surface area (Å²) in [5, 5.41) is 9.85. The molecule has 0 atom stereocenters. The van der Waals surface area contributed by atoms with E-state index in [0.29, 0.717) is 16.7 Å². The summed E-state index contributed by atoms with van der Waals surface area (Å²) in [6.07, 6.45) is 0. The number of hydrogen-bond donors (Lipinski definition) is 1. The highest BCUT2D eigenvalue weighted by Gasteiger charge is 2.16. The third-order valence-electron chi connectivity index (χ3n) is 4.71. The van der Waals surface area contributed by atoms with Gasteiger partial charge in [0.05, 0.1) is 5.56 Å². The first-order chi connectivity index (χ1) is 13.5. The van der Waals surface area contributed by atoms with E-state index in [1.807, 2.05) is 18.2 Å². The Hall–Kier alpha value is -3.61. The number of carboxylic acids is 1. The highest BCUT2D eigenvalue weighted by atomic mass is 16.4. The summed E-state index contributed by atoms with van der Waals surface area (Å²) in [5.74, 6) is -0.957. The highest BCUT2D eigenvalue weighted by Crippen LogP contribution is 2.27. The summed E-state index contributed by atoms with van der Waals surface area (Å²) in [6, 6.07) is 11.7. The molecule has 0 aliphatic carbocycles. The number of rotatable bonds is 5. The van der Waals surface area contributed by atoms with Gasteiger partial charge in [0.15, 0.2) is 5.58 Å². The van der Waals surface area contributed by atoms with Gasteiger partial charge in [-0.2, -0.15) is 0 Å². The molecule has 0 saturated heterocycles. The van der Waals surface area contributed by atoms with E-state index in [2.05, 4.69) is 23.7 Å². The van der Waals surface area contributed by atoms with Gasteiger partial charge in [-0.25, -0.2) is 14.6 Å². The summed E-state index contributed by atoms with van der Waals surface area (Å²) in [6.45, 7) is 5.84. The van der Waals surface area contributed by atoms with Crippen molar-refractivity contribution in [1.29, 1.82) is 0 Å². The van der Waals surface area contributed by atoms with Crippen molar-refractivity contribution in [2.45, 2.75) is 13.8 Å². The second-order valence-electron chi connectivity index (χ2n) is 6.35. The van der Waals surface area contributed by atoms with Gasteiger partial charge in [-0.15, -0.1) is 0 Å². The molecule has 4 rings (SSSR count). The number of aromatic nitrogens is 1. The van der Waals surface area contributed by atoms with Crippen molar-refractivity contribution in [1.82, 2.24) is 4.98 Å². The first kappa shape index (κ1) is 17.8. The van der Waals surface area contributed by atoms with Crippen LogP contribution in [0, 0.1) is 0 Å². The van der Waals surface area contributed by atoms with Gasteiger partial charge < -0.3 is 18.8 Å². The van der Waals surface area contributed by atoms with Gasteiger partial charge in [0.25, 0.3) is 0 Å². The number of nitrogens with zero attached hydrogens (tertiary/aromatic N) is 2. The fourth-order valence-electron chi connectivity index (χ4n) is 3.21. The number of carboxylic acid groups (broad SMARTS) is 1. The second-order valence-corrected chi connectivity index (χ2v) is 6.35. The van der Waals surface area contributed by atoms with Crippen LogP contribution in [0.1, 0.15) is 24.2 Å². The largest absolute Gasteiger partial charge is 0.478 e. The Morgan fingerprint density at radius 1 is 1.04 bits per heavy atom. The van der Waals surface area contributed by atoms with Crippen molar-refractivity contribution >= 4 is 33.7 Å². The smallest absolute Gasteiger partial charge is 0.349 e. The van der Waals surface area contributed by atoms with Crippen molar-refractivity contribution in [2.24, 2.45) is 0 Å². The molecular weight excluding hydrogens is 360 g/mol. The van der Waals surface area contributed by atoms with Gasteiger partial charge in [-0.1, -0.05) is 0 Å². The van der Waals surface area contributed by atoms with E-state index < -0.39 is 11.6 Å². The minimum absolute atomic E-state index is 0.0982. The van der Waals surface area contributed by atoms with Crippen LogP contribution < -0.4 is 10.5 Å². The molecule has 142 valence electrons. The van der Waals surface area contributed by atoms with Crippen molar-refractivity contribution in [2.75, 3.05) is 18.0 Å². The van der Waals surface area contributed by atoms with E-state index in [1.54, 1.807) is 6.07 Å². The van der Waals surface area contributed by atoms with Crippen molar-refractivity contribution < 1.29 is 18.7 Å². The molecule has 0 amide bonds. The molecule has 0 fully saturated rings. The molecule has 0 radical (unpaired) electrons. The number of oxazole rings is 1. The van der Waals surface area contributed by atoms with Crippen LogP contribution in [0.2, 0.25) is 0 Å². The van der Waals surface area contributed by atoms with Crippen LogP contribution in [-0.2, 0) is 0 Å². The first-order valence-electron chi connectivity index (χ1n) is 8.97. The zero-order valence-electron chi connectivity index (χ0n) is 15.4. The summed E-state index contributed by atoms with van der Waals surface area (Å²) in [5.41, 5.74) is 1.97. The van der Waals surface area contributed by atoms with Crippen molar-refractivity contribution in [3.8, 4) is 11.5 Å². The monoisotopic (exact) mass is 378 g/mol. The number of benzene rings is 2.